The van der Waals surface area contributed by atoms with Gasteiger partial charge in [0, 0.05) is 11.6 Å². The van der Waals surface area contributed by atoms with Crippen LogP contribution in [0, 0.1) is 5.92 Å². The number of phenols is 1. The smallest absolute Gasteiger partial charge is 0.120 e. The number of methoxy groups -OCH3 is 1. The van der Waals surface area contributed by atoms with Crippen molar-refractivity contribution in [2.45, 2.75) is 46.1 Å². The summed E-state index contributed by atoms with van der Waals surface area (Å²) < 4.78 is 5.19. The summed E-state index contributed by atoms with van der Waals surface area (Å²) >= 11 is 0. The molecule has 1 atom stereocenters. The van der Waals surface area contributed by atoms with Crippen molar-refractivity contribution in [3.05, 3.63) is 23.8 Å². The van der Waals surface area contributed by atoms with Crippen molar-refractivity contribution in [3.63, 3.8) is 0 Å². The lowest BCUT2D eigenvalue weighted by molar-refractivity contribution is 0.407. The minimum Gasteiger partial charge on any atom is -0.508 e. The number of phenolic OH excluding ortho intramolecular Hbond substituents is 1. The predicted octanol–water partition coefficient (Wildman–Crippen LogP) is 3.88. The summed E-state index contributed by atoms with van der Waals surface area (Å²) in [5.74, 6) is 1.88. The molecule has 19 heavy (non-hydrogen) atoms. The maximum atomic E-state index is 9.88. The van der Waals surface area contributed by atoms with E-state index >= 15 is 0 Å². The van der Waals surface area contributed by atoms with Crippen LogP contribution in [0.3, 0.4) is 0 Å². The fraction of sp³-hybridized carbons (Fsp3) is 0.625. The van der Waals surface area contributed by atoms with Gasteiger partial charge in [-0.05, 0) is 44.0 Å². The number of nitrogens with one attached hydrogen (secondary N) is 1. The number of ether oxygens (including phenoxy) is 1. The van der Waals surface area contributed by atoms with Gasteiger partial charge in [-0.2, -0.15) is 0 Å². The zero-order valence-corrected chi connectivity index (χ0v) is 12.6. The first-order valence-corrected chi connectivity index (χ1v) is 7.15. The van der Waals surface area contributed by atoms with Crippen molar-refractivity contribution in [3.8, 4) is 11.5 Å². The van der Waals surface area contributed by atoms with Crippen LogP contribution in [0.1, 0.15) is 51.6 Å². The summed E-state index contributed by atoms with van der Waals surface area (Å²) in [6.45, 7) is 7.55. The monoisotopic (exact) mass is 265 g/mol. The molecular weight excluding hydrogens is 238 g/mol. The molecule has 0 aliphatic rings. The van der Waals surface area contributed by atoms with Crippen LogP contribution < -0.4 is 10.1 Å². The van der Waals surface area contributed by atoms with Gasteiger partial charge in [-0.1, -0.05) is 26.7 Å². The second-order valence-corrected chi connectivity index (χ2v) is 5.49. The van der Waals surface area contributed by atoms with E-state index in [-0.39, 0.29) is 6.04 Å². The number of benzene rings is 1. The van der Waals surface area contributed by atoms with Crippen molar-refractivity contribution in [1.82, 2.24) is 5.32 Å². The summed E-state index contributed by atoms with van der Waals surface area (Å²) in [7, 11) is 1.64. The quantitative estimate of drug-likeness (QED) is 0.701. The third-order valence-electron chi connectivity index (χ3n) is 3.36. The maximum absolute atomic E-state index is 9.88. The minimum absolute atomic E-state index is 0.133. The zero-order chi connectivity index (χ0) is 14.3. The van der Waals surface area contributed by atoms with E-state index in [1.165, 1.54) is 19.3 Å². The van der Waals surface area contributed by atoms with Crippen LogP contribution in [0.4, 0.5) is 0 Å². The SMILES string of the molecule is COc1ccc(O)c(C(C)NCCCCC(C)C)c1. The van der Waals surface area contributed by atoms with Gasteiger partial charge in [-0.3, -0.25) is 0 Å². The van der Waals surface area contributed by atoms with Crippen molar-refractivity contribution < 1.29 is 9.84 Å². The highest BCUT2D eigenvalue weighted by atomic mass is 16.5. The Bertz CT molecular complexity index is 377. The van der Waals surface area contributed by atoms with E-state index in [9.17, 15) is 5.11 Å². The molecule has 2 N–H and O–H groups in total. The number of rotatable bonds is 8. The Labute approximate surface area is 117 Å². The Morgan fingerprint density at radius 2 is 1.95 bits per heavy atom. The lowest BCUT2D eigenvalue weighted by Gasteiger charge is -2.16. The van der Waals surface area contributed by atoms with E-state index in [0.29, 0.717) is 5.75 Å². The Morgan fingerprint density at radius 1 is 1.21 bits per heavy atom. The van der Waals surface area contributed by atoms with Gasteiger partial charge in [0.05, 0.1) is 7.11 Å². The molecule has 3 nitrogen and oxygen atoms in total. The molecule has 0 aliphatic carbocycles. The van der Waals surface area contributed by atoms with Crippen molar-refractivity contribution in [2.75, 3.05) is 13.7 Å². The van der Waals surface area contributed by atoms with Crippen LogP contribution >= 0.6 is 0 Å². The molecule has 0 heterocycles. The minimum atomic E-state index is 0.133. The predicted molar refractivity (Wildman–Crippen MR) is 79.8 cm³/mol. The van der Waals surface area contributed by atoms with Gasteiger partial charge < -0.3 is 15.2 Å². The molecule has 0 fully saturated rings. The van der Waals surface area contributed by atoms with E-state index in [4.69, 9.17) is 4.74 Å². The van der Waals surface area contributed by atoms with Crippen LogP contribution in [0.15, 0.2) is 18.2 Å². The molecule has 0 saturated carbocycles. The molecule has 0 saturated heterocycles. The Morgan fingerprint density at radius 3 is 2.58 bits per heavy atom. The number of unbranched alkanes of at least 4 members (excludes halogenated alkanes) is 1. The molecule has 1 aromatic rings. The zero-order valence-electron chi connectivity index (χ0n) is 12.6. The van der Waals surface area contributed by atoms with Crippen molar-refractivity contribution in [2.24, 2.45) is 5.92 Å². The Balaban J connectivity index is 2.42. The molecular formula is C16H27NO2. The van der Waals surface area contributed by atoms with Gasteiger partial charge in [0.15, 0.2) is 0 Å². The molecule has 3 heteroatoms. The molecule has 0 spiro atoms. The van der Waals surface area contributed by atoms with Crippen molar-refractivity contribution in [1.29, 1.82) is 0 Å². The third-order valence-corrected chi connectivity index (χ3v) is 3.36. The van der Waals surface area contributed by atoms with Crippen LogP contribution in [0.2, 0.25) is 0 Å². The molecule has 0 bridgehead atoms. The molecule has 0 aromatic heterocycles. The van der Waals surface area contributed by atoms with Gasteiger partial charge in [0.25, 0.3) is 0 Å². The number of aromatic hydroxyl groups is 1. The van der Waals surface area contributed by atoms with E-state index in [1.807, 2.05) is 6.07 Å². The molecule has 108 valence electrons. The van der Waals surface area contributed by atoms with Crippen molar-refractivity contribution >= 4 is 0 Å². The normalized spacial score (nSPS) is 12.7. The molecule has 0 radical (unpaired) electrons. The Hall–Kier alpha value is -1.22. The highest BCUT2D eigenvalue weighted by molar-refractivity contribution is 5.41. The van der Waals surface area contributed by atoms with Gasteiger partial charge in [0.2, 0.25) is 0 Å². The van der Waals surface area contributed by atoms with Crippen LogP contribution in [-0.2, 0) is 0 Å². The molecule has 0 amide bonds. The first-order valence-electron chi connectivity index (χ1n) is 7.15. The topological polar surface area (TPSA) is 41.5 Å². The summed E-state index contributed by atoms with van der Waals surface area (Å²) in [6.07, 6.45) is 3.70. The van der Waals surface area contributed by atoms with Gasteiger partial charge in [-0.25, -0.2) is 0 Å². The van der Waals surface area contributed by atoms with Crippen LogP contribution in [0.25, 0.3) is 0 Å². The van der Waals surface area contributed by atoms with Crippen LogP contribution in [-0.4, -0.2) is 18.8 Å². The third kappa shape index (κ3) is 5.52. The highest BCUT2D eigenvalue weighted by Crippen LogP contribution is 2.28. The van der Waals surface area contributed by atoms with E-state index in [2.05, 4.69) is 26.1 Å². The molecule has 1 unspecified atom stereocenters. The van der Waals surface area contributed by atoms with Gasteiger partial charge in [0.1, 0.15) is 11.5 Å². The fourth-order valence-electron chi connectivity index (χ4n) is 2.11. The fourth-order valence-corrected chi connectivity index (χ4v) is 2.11. The second kappa shape index (κ2) is 8.05. The summed E-state index contributed by atoms with van der Waals surface area (Å²) in [5, 5.41) is 13.3. The maximum Gasteiger partial charge on any atom is 0.120 e. The Kier molecular flexibility index (Phi) is 6.71. The standard InChI is InChI=1S/C16H27NO2/c1-12(2)7-5-6-10-17-13(3)15-11-14(19-4)8-9-16(15)18/h8-9,11-13,17-18H,5-7,10H2,1-4H3. The number of hydrogen-bond acceptors (Lipinski definition) is 3. The van der Waals surface area contributed by atoms with Gasteiger partial charge in [-0.15, -0.1) is 0 Å². The largest absolute Gasteiger partial charge is 0.508 e. The van der Waals surface area contributed by atoms with Crippen LogP contribution in [0.5, 0.6) is 11.5 Å². The molecule has 1 aromatic carbocycles. The van der Waals surface area contributed by atoms with E-state index < -0.39 is 0 Å². The first-order chi connectivity index (χ1) is 9.04. The summed E-state index contributed by atoms with van der Waals surface area (Å²) in [6, 6.07) is 5.48. The lowest BCUT2D eigenvalue weighted by atomic mass is 10.1. The molecule has 1 rings (SSSR count). The van der Waals surface area contributed by atoms with Gasteiger partial charge >= 0.3 is 0 Å². The van der Waals surface area contributed by atoms with E-state index in [0.717, 1.165) is 23.8 Å². The number of hydrogen-bond donors (Lipinski definition) is 2. The highest BCUT2D eigenvalue weighted by Gasteiger charge is 2.10. The summed E-state index contributed by atoms with van der Waals surface area (Å²) in [4.78, 5) is 0. The average Bonchev–Trinajstić information content (AvgIpc) is 2.38. The second-order valence-electron chi connectivity index (χ2n) is 5.49. The first kappa shape index (κ1) is 15.8. The average molecular weight is 265 g/mol. The lowest BCUT2D eigenvalue weighted by Crippen LogP contribution is -2.20. The molecule has 0 aliphatic heterocycles. The summed E-state index contributed by atoms with van der Waals surface area (Å²) in [5.41, 5.74) is 0.892. The van der Waals surface area contributed by atoms with E-state index in [1.54, 1.807) is 19.2 Å².